The van der Waals surface area contributed by atoms with Crippen LogP contribution in [0.5, 0.6) is 0 Å². The molecule has 0 fully saturated rings. The lowest BCUT2D eigenvalue weighted by atomic mass is 10.1. The van der Waals surface area contributed by atoms with Gasteiger partial charge in [0.15, 0.2) is 0 Å². The van der Waals surface area contributed by atoms with E-state index in [1.807, 2.05) is 18.2 Å². The maximum atomic E-state index is 11.6. The second-order valence-corrected chi connectivity index (χ2v) is 6.06. The summed E-state index contributed by atoms with van der Waals surface area (Å²) in [6, 6.07) is 10.1. The highest BCUT2D eigenvalue weighted by Crippen LogP contribution is 2.05. The Hall–Kier alpha value is -1.14. The smallest absolute Gasteiger partial charge is 0.220 e. The van der Waals surface area contributed by atoms with Crippen LogP contribution in [0.4, 0.5) is 0 Å². The lowest BCUT2D eigenvalue weighted by Gasteiger charge is -2.07. The van der Waals surface area contributed by atoms with E-state index in [1.54, 1.807) is 0 Å². The molecule has 0 atom stereocenters. The number of hydrogen-bond acceptors (Lipinski definition) is 4. The number of amides is 2. The van der Waals surface area contributed by atoms with Crippen molar-refractivity contribution in [2.24, 2.45) is 0 Å². The summed E-state index contributed by atoms with van der Waals surface area (Å²) < 4.78 is 0. The van der Waals surface area contributed by atoms with Crippen molar-refractivity contribution in [2.45, 2.75) is 25.7 Å². The van der Waals surface area contributed by atoms with E-state index < -0.39 is 0 Å². The first-order valence-corrected chi connectivity index (χ1v) is 9.10. The molecule has 1 aromatic rings. The number of benzene rings is 1. The largest absolute Gasteiger partial charge is 0.354 e. The van der Waals surface area contributed by atoms with E-state index in [1.165, 1.54) is 16.4 Å². The topological polar surface area (TPSA) is 58.2 Å². The highest BCUT2D eigenvalue weighted by Gasteiger charge is 2.02. The van der Waals surface area contributed by atoms with Crippen molar-refractivity contribution < 1.29 is 9.59 Å². The van der Waals surface area contributed by atoms with Gasteiger partial charge in [-0.1, -0.05) is 41.1 Å². The monoisotopic (exact) mass is 326 g/mol. The fourth-order valence-electron chi connectivity index (χ4n) is 1.82. The molecule has 0 aliphatic rings. The Morgan fingerprint density at radius 2 is 1.62 bits per heavy atom. The quantitative estimate of drug-likeness (QED) is 0.351. The predicted molar refractivity (Wildman–Crippen MR) is 91.5 cm³/mol. The van der Waals surface area contributed by atoms with Crippen LogP contribution in [-0.2, 0) is 16.0 Å². The fraction of sp³-hybridized carbons (Fsp3) is 0.467. The number of aryl methyl sites for hydroxylation is 1. The molecular weight excluding hydrogens is 304 g/mol. The van der Waals surface area contributed by atoms with Gasteiger partial charge < -0.3 is 10.6 Å². The van der Waals surface area contributed by atoms with E-state index in [-0.39, 0.29) is 11.8 Å². The molecule has 4 nitrogen and oxygen atoms in total. The number of rotatable bonds is 10. The average molecular weight is 326 g/mol. The molecule has 0 aliphatic carbocycles. The summed E-state index contributed by atoms with van der Waals surface area (Å²) in [5.74, 6) is 0.724. The van der Waals surface area contributed by atoms with Gasteiger partial charge in [0.05, 0.1) is 0 Å². The summed E-state index contributed by atoms with van der Waals surface area (Å²) >= 11 is 3.97. The molecule has 0 saturated heterocycles. The SMILES string of the molecule is O=C(CCCc1ccccc1)NCCNC(=O)CCSS. The van der Waals surface area contributed by atoms with E-state index in [0.29, 0.717) is 31.7 Å². The lowest BCUT2D eigenvalue weighted by Crippen LogP contribution is -2.34. The number of hydrogen-bond donors (Lipinski definition) is 3. The van der Waals surface area contributed by atoms with Crippen LogP contribution >= 0.6 is 22.5 Å². The van der Waals surface area contributed by atoms with Crippen LogP contribution in [0.25, 0.3) is 0 Å². The summed E-state index contributed by atoms with van der Waals surface area (Å²) in [5.41, 5.74) is 1.25. The lowest BCUT2D eigenvalue weighted by molar-refractivity contribution is -0.122. The first kappa shape index (κ1) is 17.9. The van der Waals surface area contributed by atoms with Crippen molar-refractivity contribution in [3.8, 4) is 0 Å². The minimum Gasteiger partial charge on any atom is -0.354 e. The summed E-state index contributed by atoms with van der Waals surface area (Å²) in [4.78, 5) is 22.9. The molecule has 1 rings (SSSR count). The third-order valence-electron chi connectivity index (χ3n) is 2.90. The first-order valence-electron chi connectivity index (χ1n) is 7.06. The van der Waals surface area contributed by atoms with Crippen molar-refractivity contribution in [1.29, 1.82) is 0 Å². The molecule has 21 heavy (non-hydrogen) atoms. The zero-order valence-electron chi connectivity index (χ0n) is 12.0. The molecule has 0 spiro atoms. The Bertz CT molecular complexity index is 427. The number of thiol groups is 1. The van der Waals surface area contributed by atoms with Gasteiger partial charge in [0.25, 0.3) is 0 Å². The molecule has 0 heterocycles. The van der Waals surface area contributed by atoms with Gasteiger partial charge in [0.1, 0.15) is 0 Å². The van der Waals surface area contributed by atoms with E-state index in [0.717, 1.165) is 12.8 Å². The summed E-state index contributed by atoms with van der Waals surface area (Å²) in [7, 11) is 1.35. The molecule has 1 aromatic carbocycles. The van der Waals surface area contributed by atoms with Gasteiger partial charge in [0.2, 0.25) is 11.8 Å². The Labute approximate surface area is 135 Å². The molecule has 2 N–H and O–H groups in total. The van der Waals surface area contributed by atoms with Crippen LogP contribution in [0.3, 0.4) is 0 Å². The normalized spacial score (nSPS) is 10.1. The Morgan fingerprint density at radius 1 is 1.00 bits per heavy atom. The zero-order valence-corrected chi connectivity index (χ0v) is 13.7. The van der Waals surface area contributed by atoms with Crippen LogP contribution in [0.1, 0.15) is 24.8 Å². The van der Waals surface area contributed by atoms with Crippen LogP contribution < -0.4 is 10.6 Å². The van der Waals surface area contributed by atoms with Gasteiger partial charge in [-0.15, -0.1) is 11.7 Å². The summed E-state index contributed by atoms with van der Waals surface area (Å²) in [6.45, 7) is 0.949. The van der Waals surface area contributed by atoms with E-state index in [9.17, 15) is 9.59 Å². The summed E-state index contributed by atoms with van der Waals surface area (Å²) in [5, 5.41) is 5.56. The van der Waals surface area contributed by atoms with Crippen molar-refractivity contribution in [3.05, 3.63) is 35.9 Å². The van der Waals surface area contributed by atoms with Crippen LogP contribution in [-0.4, -0.2) is 30.7 Å². The van der Waals surface area contributed by atoms with Gasteiger partial charge >= 0.3 is 0 Å². The van der Waals surface area contributed by atoms with Gasteiger partial charge in [-0.25, -0.2) is 0 Å². The molecule has 6 heteroatoms. The molecule has 0 bridgehead atoms. The molecule has 0 unspecified atom stereocenters. The number of carbonyl (C=O) groups excluding carboxylic acids is 2. The third kappa shape index (κ3) is 9.42. The molecule has 0 saturated carbocycles. The second-order valence-electron chi connectivity index (χ2n) is 4.62. The van der Waals surface area contributed by atoms with E-state index >= 15 is 0 Å². The first-order chi connectivity index (χ1) is 10.2. The van der Waals surface area contributed by atoms with E-state index in [2.05, 4.69) is 34.4 Å². The van der Waals surface area contributed by atoms with Crippen molar-refractivity contribution in [2.75, 3.05) is 18.8 Å². The van der Waals surface area contributed by atoms with E-state index in [4.69, 9.17) is 0 Å². The second kappa shape index (κ2) is 11.5. The maximum absolute atomic E-state index is 11.6. The zero-order chi connectivity index (χ0) is 15.3. The van der Waals surface area contributed by atoms with Gasteiger partial charge in [-0.3, -0.25) is 9.59 Å². The maximum Gasteiger partial charge on any atom is 0.220 e. The molecule has 116 valence electrons. The van der Waals surface area contributed by atoms with Crippen molar-refractivity contribution in [3.63, 3.8) is 0 Å². The minimum absolute atomic E-state index is 0.00474. The number of nitrogens with one attached hydrogen (secondary N) is 2. The average Bonchev–Trinajstić information content (AvgIpc) is 2.50. The van der Waals surface area contributed by atoms with Gasteiger partial charge in [-0.2, -0.15) is 0 Å². The molecule has 2 amide bonds. The highest BCUT2D eigenvalue weighted by atomic mass is 33.1. The predicted octanol–water partition coefficient (Wildman–Crippen LogP) is 2.21. The molecule has 0 aromatic heterocycles. The standard InChI is InChI=1S/C15H22N2O2S2/c18-14(8-4-7-13-5-2-1-3-6-13)16-10-11-17-15(19)9-12-21-20/h1-3,5-6,20H,4,7-12H2,(H,16,18)(H,17,19). The fourth-order valence-corrected chi connectivity index (χ4v) is 2.37. The van der Waals surface area contributed by atoms with Gasteiger partial charge in [-0.05, 0) is 18.4 Å². The summed E-state index contributed by atoms with van der Waals surface area (Å²) in [6.07, 6.45) is 2.71. The van der Waals surface area contributed by atoms with Crippen LogP contribution in [0.2, 0.25) is 0 Å². The van der Waals surface area contributed by atoms with Crippen LogP contribution in [0.15, 0.2) is 30.3 Å². The molecule has 0 radical (unpaired) electrons. The van der Waals surface area contributed by atoms with Crippen LogP contribution in [0, 0.1) is 0 Å². The minimum atomic E-state index is -0.00474. The Balaban J connectivity index is 2.00. The Kier molecular flexibility index (Phi) is 9.82. The van der Waals surface area contributed by atoms with Gasteiger partial charge in [0, 0.05) is 31.7 Å². The van der Waals surface area contributed by atoms with Crippen molar-refractivity contribution >= 4 is 34.3 Å². The molecular formula is C15H22N2O2S2. The number of carbonyl (C=O) groups is 2. The third-order valence-corrected chi connectivity index (χ3v) is 3.84. The Morgan fingerprint density at radius 3 is 2.24 bits per heavy atom. The van der Waals surface area contributed by atoms with Crippen molar-refractivity contribution in [1.82, 2.24) is 10.6 Å². The highest BCUT2D eigenvalue weighted by molar-refractivity contribution is 8.68. The molecule has 0 aliphatic heterocycles.